The molecule has 3 aromatic rings. The van der Waals surface area contributed by atoms with Gasteiger partial charge < -0.3 is 9.47 Å². The Kier molecular flexibility index (Phi) is 4.85. The van der Waals surface area contributed by atoms with E-state index in [0.717, 1.165) is 4.57 Å². The van der Waals surface area contributed by atoms with Crippen LogP contribution in [-0.2, 0) is 13.1 Å². The smallest absolute Gasteiger partial charge is 0.439 e. The van der Waals surface area contributed by atoms with Gasteiger partial charge in [-0.1, -0.05) is 0 Å². The lowest BCUT2D eigenvalue weighted by molar-refractivity contribution is -0.374. The first kappa shape index (κ1) is 18.4. The third-order valence-electron chi connectivity index (χ3n) is 4.45. The molecular weight excluding hydrogens is 352 g/mol. The van der Waals surface area contributed by atoms with E-state index in [2.05, 4.69) is 9.97 Å². The number of nitrogens with zero attached hydrogens (tertiary/aromatic N) is 2. The van der Waals surface area contributed by atoms with Gasteiger partial charge in [0.25, 0.3) is 5.56 Å². The highest BCUT2D eigenvalue weighted by atomic mass is 16.5. The highest BCUT2D eigenvalue weighted by Crippen LogP contribution is 2.32. The highest BCUT2D eigenvalue weighted by Gasteiger charge is 2.23. The average Bonchev–Trinajstić information content (AvgIpc) is 2.67. The lowest BCUT2D eigenvalue weighted by Gasteiger charge is -2.11. The second-order valence-electron chi connectivity index (χ2n) is 5.82. The van der Waals surface area contributed by atoms with Crippen molar-refractivity contribution < 1.29 is 14.5 Å². The predicted octanol–water partition coefficient (Wildman–Crippen LogP) is 0.390. The van der Waals surface area contributed by atoms with E-state index in [0.29, 0.717) is 29.3 Å². The van der Waals surface area contributed by atoms with E-state index in [1.807, 2.05) is 0 Å². The predicted molar refractivity (Wildman–Crippen MR) is 99.5 cm³/mol. The van der Waals surface area contributed by atoms with Gasteiger partial charge in [0.1, 0.15) is 5.69 Å². The lowest BCUT2D eigenvalue weighted by atomic mass is 10.1. The molecule has 0 bridgehead atoms. The zero-order chi connectivity index (χ0) is 19.7. The maximum atomic E-state index is 13.0. The third kappa shape index (κ3) is 2.90. The molecule has 0 amide bonds. The van der Waals surface area contributed by atoms with Crippen LogP contribution in [0.3, 0.4) is 0 Å². The Morgan fingerprint density at radius 1 is 1.00 bits per heavy atom. The molecule has 3 rings (SSSR count). The summed E-state index contributed by atoms with van der Waals surface area (Å²) in [7, 11) is 3.02. The highest BCUT2D eigenvalue weighted by molar-refractivity contribution is 5.88. The van der Waals surface area contributed by atoms with Crippen molar-refractivity contribution in [2.45, 2.75) is 26.9 Å². The minimum absolute atomic E-state index is 0.186. The molecule has 0 fully saturated rings. The summed E-state index contributed by atoms with van der Waals surface area (Å²) in [6, 6.07) is 5.06. The van der Waals surface area contributed by atoms with Crippen LogP contribution in [0, 0.1) is 0 Å². The average molecular weight is 373 g/mol. The SMILES string of the molecule is CCn1c(=O)c2c(-c3ccc(OC)c(OC)c3)[nH]c(=O)[nH+]c2n(CC)c1=O. The van der Waals surface area contributed by atoms with Crippen molar-refractivity contribution >= 4 is 11.0 Å². The largest absolute Gasteiger partial charge is 0.493 e. The van der Waals surface area contributed by atoms with Crippen molar-refractivity contribution in [1.29, 1.82) is 0 Å². The number of rotatable bonds is 5. The number of benzene rings is 1. The van der Waals surface area contributed by atoms with Crippen LogP contribution in [0.5, 0.6) is 11.5 Å². The third-order valence-corrected chi connectivity index (χ3v) is 4.45. The Hall–Kier alpha value is -3.36. The maximum Gasteiger partial charge on any atom is 0.439 e. The number of methoxy groups -OCH3 is 2. The number of hydrogen-bond donors (Lipinski definition) is 1. The molecule has 0 unspecified atom stereocenters. The summed E-state index contributed by atoms with van der Waals surface area (Å²) in [6.07, 6.45) is 0. The summed E-state index contributed by atoms with van der Waals surface area (Å²) in [6.45, 7) is 4.02. The van der Waals surface area contributed by atoms with Gasteiger partial charge in [-0.15, -0.1) is 0 Å². The topological polar surface area (TPSA) is 109 Å². The van der Waals surface area contributed by atoms with Gasteiger partial charge in [-0.25, -0.2) is 28.7 Å². The molecular formula is C18H21N4O5+. The van der Waals surface area contributed by atoms with E-state index in [9.17, 15) is 14.4 Å². The van der Waals surface area contributed by atoms with Crippen LogP contribution in [-0.4, -0.2) is 28.3 Å². The summed E-state index contributed by atoms with van der Waals surface area (Å²) < 4.78 is 13.1. The van der Waals surface area contributed by atoms with E-state index in [-0.39, 0.29) is 17.6 Å². The van der Waals surface area contributed by atoms with Gasteiger partial charge in [-0.05, 0) is 32.0 Å². The van der Waals surface area contributed by atoms with E-state index in [1.165, 1.54) is 18.8 Å². The standard InChI is InChI=1S/C18H20N4O5/c1-5-21-15-13(16(23)22(6-2)18(21)25)14(19-17(24)20-15)10-7-8-11(26-3)12(9-10)27-4/h7-9H,5-6H2,1-4H3,(H,19,20,24)/p+1. The van der Waals surface area contributed by atoms with Crippen molar-refractivity contribution in [2.75, 3.05) is 14.2 Å². The molecule has 142 valence electrons. The van der Waals surface area contributed by atoms with Crippen LogP contribution < -0.4 is 31.4 Å². The van der Waals surface area contributed by atoms with Crippen LogP contribution in [0.2, 0.25) is 0 Å². The Balaban J connectivity index is 2.50. The monoisotopic (exact) mass is 373 g/mol. The summed E-state index contributed by atoms with van der Waals surface area (Å²) in [4.78, 5) is 43.0. The molecule has 2 aromatic heterocycles. The van der Waals surface area contributed by atoms with Crippen LogP contribution in [0.15, 0.2) is 32.6 Å². The van der Waals surface area contributed by atoms with Crippen molar-refractivity contribution in [2.24, 2.45) is 0 Å². The Morgan fingerprint density at radius 2 is 1.67 bits per heavy atom. The Labute approximate surface area is 153 Å². The fourth-order valence-corrected chi connectivity index (χ4v) is 3.15. The molecule has 2 N–H and O–H groups in total. The van der Waals surface area contributed by atoms with Gasteiger partial charge in [0.05, 0.1) is 20.8 Å². The van der Waals surface area contributed by atoms with Gasteiger partial charge >= 0.3 is 11.4 Å². The first-order valence-corrected chi connectivity index (χ1v) is 8.52. The molecule has 0 saturated carbocycles. The number of aryl methyl sites for hydroxylation is 1. The Morgan fingerprint density at radius 3 is 2.26 bits per heavy atom. The van der Waals surface area contributed by atoms with E-state index in [4.69, 9.17) is 9.47 Å². The molecule has 1 aromatic carbocycles. The van der Waals surface area contributed by atoms with Crippen molar-refractivity contribution in [1.82, 2.24) is 14.1 Å². The molecule has 27 heavy (non-hydrogen) atoms. The van der Waals surface area contributed by atoms with Crippen molar-refractivity contribution in [3.05, 3.63) is 49.5 Å². The Bertz CT molecular complexity index is 1190. The minimum Gasteiger partial charge on any atom is -0.493 e. The number of ether oxygens (including phenoxy) is 2. The summed E-state index contributed by atoms with van der Waals surface area (Å²) >= 11 is 0. The summed E-state index contributed by atoms with van der Waals surface area (Å²) in [5, 5.41) is 0.227. The van der Waals surface area contributed by atoms with Gasteiger partial charge in [-0.3, -0.25) is 4.79 Å². The molecule has 0 atom stereocenters. The first-order valence-electron chi connectivity index (χ1n) is 8.52. The van der Waals surface area contributed by atoms with E-state index in [1.54, 1.807) is 32.0 Å². The normalized spacial score (nSPS) is 11.0. The molecule has 0 aliphatic rings. The fourth-order valence-electron chi connectivity index (χ4n) is 3.15. The number of nitrogens with one attached hydrogen (secondary N) is 2. The molecule has 0 radical (unpaired) electrons. The molecule has 0 saturated heterocycles. The molecule has 0 aliphatic heterocycles. The van der Waals surface area contributed by atoms with E-state index >= 15 is 0 Å². The maximum absolute atomic E-state index is 13.0. The van der Waals surface area contributed by atoms with Gasteiger partial charge in [0.15, 0.2) is 16.9 Å². The molecule has 0 aliphatic carbocycles. The number of H-pyrrole nitrogens is 2. The van der Waals surface area contributed by atoms with Crippen molar-refractivity contribution in [3.63, 3.8) is 0 Å². The molecule has 9 heteroatoms. The zero-order valence-electron chi connectivity index (χ0n) is 15.6. The van der Waals surface area contributed by atoms with Crippen LogP contribution in [0.4, 0.5) is 0 Å². The number of aromatic amines is 2. The second-order valence-corrected chi connectivity index (χ2v) is 5.82. The van der Waals surface area contributed by atoms with Crippen LogP contribution in [0.25, 0.3) is 22.3 Å². The second kappa shape index (κ2) is 7.10. The summed E-state index contributed by atoms with van der Waals surface area (Å²) in [5.41, 5.74) is -0.403. The van der Waals surface area contributed by atoms with Gasteiger partial charge in [0, 0.05) is 12.1 Å². The van der Waals surface area contributed by atoms with Crippen molar-refractivity contribution in [3.8, 4) is 22.8 Å². The van der Waals surface area contributed by atoms with Gasteiger partial charge in [-0.2, -0.15) is 0 Å². The van der Waals surface area contributed by atoms with Gasteiger partial charge in [0.2, 0.25) is 5.65 Å². The molecule has 0 spiro atoms. The quantitative estimate of drug-likeness (QED) is 0.696. The number of aromatic nitrogens is 4. The van der Waals surface area contributed by atoms with Crippen LogP contribution >= 0.6 is 0 Å². The molecule has 2 heterocycles. The van der Waals surface area contributed by atoms with E-state index < -0.39 is 16.9 Å². The molecule has 9 nitrogen and oxygen atoms in total. The first-order chi connectivity index (χ1) is 13.0. The lowest BCUT2D eigenvalue weighted by Crippen LogP contribution is -2.45. The fraction of sp³-hybridized carbons (Fsp3) is 0.333. The number of fused-ring (bicyclic) bond motifs is 1. The zero-order valence-corrected chi connectivity index (χ0v) is 15.6. The minimum atomic E-state index is -0.525. The number of hydrogen-bond acceptors (Lipinski definition) is 5. The summed E-state index contributed by atoms with van der Waals surface area (Å²) in [5.74, 6) is 0.975. The van der Waals surface area contributed by atoms with Crippen LogP contribution in [0.1, 0.15) is 13.8 Å².